The predicted octanol–water partition coefficient (Wildman–Crippen LogP) is 15.7. The van der Waals surface area contributed by atoms with Gasteiger partial charge < -0.3 is 14.5 Å². The third-order valence-electron chi connectivity index (χ3n) is 13.0. The fraction of sp³-hybridized carbons (Fsp3) is 0.271. The fourth-order valence-corrected chi connectivity index (χ4v) is 9.05. The van der Waals surface area contributed by atoms with Crippen LogP contribution >= 0.6 is 0 Å². The summed E-state index contributed by atoms with van der Waals surface area (Å²) in [7, 11) is 0. The number of hydrogen-bond donors (Lipinski definition) is 0. The van der Waals surface area contributed by atoms with E-state index in [2.05, 4.69) is 248 Å². The number of benzene rings is 6. The zero-order valence-corrected chi connectivity index (χ0v) is 39.5. The van der Waals surface area contributed by atoms with Crippen molar-refractivity contribution < 1.29 is 4.74 Å². The van der Waals surface area contributed by atoms with Crippen LogP contribution in [0.4, 0.5) is 11.4 Å². The van der Waals surface area contributed by atoms with Crippen LogP contribution < -0.4 is 14.5 Å². The van der Waals surface area contributed by atoms with E-state index in [9.17, 15) is 0 Å². The van der Waals surface area contributed by atoms with Crippen LogP contribution in [0.2, 0.25) is 0 Å². The van der Waals surface area contributed by atoms with Crippen molar-refractivity contribution in [1.29, 1.82) is 0 Å². The number of pyridine rings is 1. The summed E-state index contributed by atoms with van der Waals surface area (Å²) in [5, 5.41) is 2.34. The molecule has 0 fully saturated rings. The second kappa shape index (κ2) is 15.9. The Kier molecular flexibility index (Phi) is 10.6. The molecule has 0 saturated carbocycles. The molecular weight excluding hydrogens is 781 g/mol. The number of fused-ring (bicyclic) bond motifs is 3. The Morgan fingerprint density at radius 3 is 1.83 bits per heavy atom. The minimum absolute atomic E-state index is 0.0138. The fourth-order valence-electron chi connectivity index (χ4n) is 9.05. The average molecular weight is 843 g/mol. The van der Waals surface area contributed by atoms with E-state index in [0.717, 1.165) is 50.6 Å². The van der Waals surface area contributed by atoms with Gasteiger partial charge in [-0.1, -0.05) is 161 Å². The summed E-state index contributed by atoms with van der Waals surface area (Å²) in [6.45, 7) is 26.0. The highest BCUT2D eigenvalue weighted by atomic mass is 16.5. The number of rotatable bonds is 8. The van der Waals surface area contributed by atoms with E-state index in [4.69, 9.17) is 9.72 Å². The summed E-state index contributed by atoms with van der Waals surface area (Å²) in [4.78, 5) is 9.82. The summed E-state index contributed by atoms with van der Waals surface area (Å²) in [5.74, 6) is 2.44. The molecular formula is C59H62N4O. The number of para-hydroxylation sites is 1. The quantitative estimate of drug-likeness (QED) is 0.153. The molecule has 2 aromatic heterocycles. The molecule has 9 rings (SSSR count). The van der Waals surface area contributed by atoms with Crippen LogP contribution in [0.5, 0.6) is 11.5 Å². The molecule has 0 unspecified atom stereocenters. The number of allylic oxidation sites excluding steroid dienone is 1. The number of hydrogen-bond acceptors (Lipinski definition) is 4. The van der Waals surface area contributed by atoms with Crippen molar-refractivity contribution in [2.45, 2.75) is 92.4 Å². The second-order valence-corrected chi connectivity index (χ2v) is 21.2. The number of ether oxygens (including phenoxy) is 1. The topological polar surface area (TPSA) is 33.5 Å². The standard InChI is InChI=1S/C59H62N4O/c1-56(2,3)43-28-29-60-55(35-43)63-52-25-19-18-24-50(52)51-27-26-48(37-53(51)63)64-49-31-41(40-20-14-12-15-21-40)30-46(36-49)61-38-54(58(7,8)9)62(39-61)47-33-44(57(4,5)6)32-45(34-47)59(10,11)42-22-16-13-17-23-42/h12-38H,39H2,1-11H3. The molecule has 64 heavy (non-hydrogen) atoms. The maximum Gasteiger partial charge on any atom is 0.137 e. The molecule has 0 radical (unpaired) electrons. The van der Waals surface area contributed by atoms with Gasteiger partial charge in [0.05, 0.1) is 17.7 Å². The third-order valence-corrected chi connectivity index (χ3v) is 13.0. The summed E-state index contributed by atoms with van der Waals surface area (Å²) < 4.78 is 9.25. The van der Waals surface area contributed by atoms with Crippen LogP contribution in [0.3, 0.4) is 0 Å². The molecule has 5 heteroatoms. The summed E-state index contributed by atoms with van der Waals surface area (Å²) in [6, 6.07) is 54.8. The van der Waals surface area contributed by atoms with E-state index in [-0.39, 0.29) is 21.7 Å². The second-order valence-electron chi connectivity index (χ2n) is 21.2. The maximum atomic E-state index is 6.97. The van der Waals surface area contributed by atoms with Crippen molar-refractivity contribution in [1.82, 2.24) is 9.55 Å². The zero-order valence-electron chi connectivity index (χ0n) is 39.5. The molecule has 0 aliphatic carbocycles. The van der Waals surface area contributed by atoms with E-state index >= 15 is 0 Å². The van der Waals surface area contributed by atoms with Crippen molar-refractivity contribution >= 4 is 33.2 Å². The van der Waals surface area contributed by atoms with E-state index in [1.54, 1.807) is 0 Å². The molecule has 0 N–H and O–H groups in total. The summed E-state index contributed by atoms with van der Waals surface area (Å²) in [5.41, 5.74) is 12.7. The minimum atomic E-state index is -0.192. The van der Waals surface area contributed by atoms with Crippen LogP contribution in [-0.4, -0.2) is 16.2 Å². The summed E-state index contributed by atoms with van der Waals surface area (Å²) >= 11 is 0. The molecule has 0 spiro atoms. The monoisotopic (exact) mass is 842 g/mol. The van der Waals surface area contributed by atoms with Gasteiger partial charge in [0.2, 0.25) is 0 Å². The highest BCUT2D eigenvalue weighted by molar-refractivity contribution is 6.09. The molecule has 3 heterocycles. The number of anilines is 2. The summed E-state index contributed by atoms with van der Waals surface area (Å²) in [6.07, 6.45) is 4.28. The third kappa shape index (κ3) is 8.20. The molecule has 5 nitrogen and oxygen atoms in total. The Hall–Kier alpha value is -6.59. The molecule has 0 saturated heterocycles. The molecule has 6 aromatic carbocycles. The van der Waals surface area contributed by atoms with Gasteiger partial charge in [0, 0.05) is 63.2 Å². The van der Waals surface area contributed by atoms with Crippen molar-refractivity contribution in [2.24, 2.45) is 5.41 Å². The lowest BCUT2D eigenvalue weighted by molar-refractivity contribution is 0.483. The Balaban J connectivity index is 1.14. The lowest BCUT2D eigenvalue weighted by atomic mass is 9.75. The van der Waals surface area contributed by atoms with Crippen LogP contribution in [0.1, 0.15) is 98.4 Å². The van der Waals surface area contributed by atoms with E-state index in [1.165, 1.54) is 39.0 Å². The van der Waals surface area contributed by atoms with Crippen LogP contribution in [-0.2, 0) is 16.2 Å². The lowest BCUT2D eigenvalue weighted by Crippen LogP contribution is -2.31. The van der Waals surface area contributed by atoms with Crippen LogP contribution in [0.15, 0.2) is 170 Å². The SMILES string of the molecule is CC(C)(C)C1=CN(c2cc(Oc3ccc4c5ccccc5n(-c5cc(C(C)(C)C)ccn5)c4c3)cc(-c3ccccc3)c2)CN1c1cc(C(C)(C)C)cc(C(C)(C)c2ccccc2)c1. The normalized spacial score (nSPS) is 13.8. The zero-order chi connectivity index (χ0) is 45.2. The van der Waals surface area contributed by atoms with Gasteiger partial charge >= 0.3 is 0 Å². The molecule has 0 bridgehead atoms. The van der Waals surface area contributed by atoms with Crippen molar-refractivity contribution in [3.05, 3.63) is 192 Å². The lowest BCUT2D eigenvalue weighted by Gasteiger charge is -2.34. The van der Waals surface area contributed by atoms with Gasteiger partial charge in [0.25, 0.3) is 0 Å². The largest absolute Gasteiger partial charge is 0.457 e. The number of nitrogens with zero attached hydrogens (tertiary/aromatic N) is 4. The average Bonchev–Trinajstić information content (AvgIpc) is 3.87. The van der Waals surface area contributed by atoms with E-state index in [1.807, 2.05) is 6.20 Å². The van der Waals surface area contributed by atoms with Gasteiger partial charge in [-0.15, -0.1) is 0 Å². The molecule has 1 aliphatic heterocycles. The highest BCUT2D eigenvalue weighted by Gasteiger charge is 2.34. The first-order chi connectivity index (χ1) is 30.3. The van der Waals surface area contributed by atoms with Gasteiger partial charge in [-0.05, 0) is 98.8 Å². The Bertz CT molecular complexity index is 3030. The predicted molar refractivity (Wildman–Crippen MR) is 270 cm³/mol. The molecule has 8 aromatic rings. The van der Waals surface area contributed by atoms with Gasteiger partial charge in [-0.3, -0.25) is 4.57 Å². The van der Waals surface area contributed by atoms with Crippen molar-refractivity contribution in [3.63, 3.8) is 0 Å². The van der Waals surface area contributed by atoms with Crippen LogP contribution in [0, 0.1) is 5.41 Å². The van der Waals surface area contributed by atoms with Crippen molar-refractivity contribution in [2.75, 3.05) is 16.5 Å². The first-order valence-electron chi connectivity index (χ1n) is 22.7. The van der Waals surface area contributed by atoms with Gasteiger partial charge in [0.1, 0.15) is 17.3 Å². The smallest absolute Gasteiger partial charge is 0.137 e. The minimum Gasteiger partial charge on any atom is -0.457 e. The van der Waals surface area contributed by atoms with Crippen LogP contribution in [0.25, 0.3) is 38.8 Å². The Morgan fingerprint density at radius 2 is 1.12 bits per heavy atom. The molecule has 324 valence electrons. The Labute approximate surface area is 380 Å². The molecule has 0 atom stereocenters. The maximum absolute atomic E-state index is 6.97. The first kappa shape index (κ1) is 42.7. The van der Waals surface area contributed by atoms with Crippen molar-refractivity contribution in [3.8, 4) is 28.4 Å². The van der Waals surface area contributed by atoms with Gasteiger partial charge in [-0.2, -0.15) is 0 Å². The highest BCUT2D eigenvalue weighted by Crippen LogP contribution is 2.44. The molecule has 0 amide bonds. The Morgan fingerprint density at radius 1 is 0.469 bits per heavy atom. The number of aromatic nitrogens is 2. The van der Waals surface area contributed by atoms with E-state index in [0.29, 0.717) is 6.67 Å². The first-order valence-corrected chi connectivity index (χ1v) is 22.7. The van der Waals surface area contributed by atoms with Gasteiger partial charge in [-0.25, -0.2) is 4.98 Å². The van der Waals surface area contributed by atoms with E-state index < -0.39 is 0 Å². The molecule has 1 aliphatic rings. The van der Waals surface area contributed by atoms with Gasteiger partial charge in [0.15, 0.2) is 0 Å².